The van der Waals surface area contributed by atoms with Crippen molar-refractivity contribution in [1.82, 2.24) is 9.36 Å². The van der Waals surface area contributed by atoms with Crippen molar-refractivity contribution in [3.05, 3.63) is 16.0 Å². The zero-order valence-electron chi connectivity index (χ0n) is 10.5. The first-order valence-corrected chi connectivity index (χ1v) is 5.25. The summed E-state index contributed by atoms with van der Waals surface area (Å²) in [5.74, 6) is 0.256. The fourth-order valence-electron chi connectivity index (χ4n) is 2.08. The first-order chi connectivity index (χ1) is 6.68. The third-order valence-corrected chi connectivity index (χ3v) is 2.53. The number of nitrogen functional groups attached to an aromatic ring is 1. The Morgan fingerprint density at radius 3 is 1.93 bits per heavy atom. The summed E-state index contributed by atoms with van der Waals surface area (Å²) in [4.78, 5) is 12.0. The maximum Gasteiger partial charge on any atom is 0.290 e. The molecule has 0 amide bonds. The van der Waals surface area contributed by atoms with E-state index >= 15 is 0 Å². The third-order valence-electron chi connectivity index (χ3n) is 2.53. The van der Waals surface area contributed by atoms with Gasteiger partial charge in [0.05, 0.1) is 11.2 Å². The van der Waals surface area contributed by atoms with Gasteiger partial charge in [0.2, 0.25) is 0 Å². The van der Waals surface area contributed by atoms with Crippen LogP contribution in [-0.2, 0) is 12.6 Å². The van der Waals surface area contributed by atoms with E-state index in [1.54, 1.807) is 4.68 Å². The lowest BCUT2D eigenvalue weighted by Gasteiger charge is -2.23. The van der Waals surface area contributed by atoms with Gasteiger partial charge in [-0.3, -0.25) is 9.48 Å². The lowest BCUT2D eigenvalue weighted by molar-refractivity contribution is 0.296. The first-order valence-electron chi connectivity index (χ1n) is 5.25. The van der Waals surface area contributed by atoms with Gasteiger partial charge in [0.25, 0.3) is 5.56 Å². The minimum Gasteiger partial charge on any atom is -0.393 e. The van der Waals surface area contributed by atoms with Gasteiger partial charge in [0.1, 0.15) is 5.69 Å². The van der Waals surface area contributed by atoms with Gasteiger partial charge in [-0.1, -0.05) is 13.8 Å². The molecule has 0 saturated heterocycles. The SMILES string of the molecule is CC(C)c1c(N)c(=O)n(C(C)(C)C)n1C. The van der Waals surface area contributed by atoms with Crippen LogP contribution in [0.2, 0.25) is 0 Å². The Hall–Kier alpha value is -1.19. The van der Waals surface area contributed by atoms with E-state index in [-0.39, 0.29) is 17.0 Å². The summed E-state index contributed by atoms with van der Waals surface area (Å²) in [7, 11) is 1.89. The molecule has 4 nitrogen and oxygen atoms in total. The lowest BCUT2D eigenvalue weighted by atomic mass is 10.1. The highest BCUT2D eigenvalue weighted by Crippen LogP contribution is 2.22. The first kappa shape index (κ1) is 11.9. The van der Waals surface area contributed by atoms with Gasteiger partial charge in [0, 0.05) is 7.05 Å². The average molecular weight is 211 g/mol. The van der Waals surface area contributed by atoms with Gasteiger partial charge in [-0.05, 0) is 26.7 Å². The molecule has 0 fully saturated rings. The zero-order valence-corrected chi connectivity index (χ0v) is 10.5. The van der Waals surface area contributed by atoms with Crippen LogP contribution >= 0.6 is 0 Å². The maximum atomic E-state index is 12.0. The van der Waals surface area contributed by atoms with Crippen LogP contribution in [0, 0.1) is 0 Å². The van der Waals surface area contributed by atoms with E-state index in [0.29, 0.717) is 5.69 Å². The predicted octanol–water partition coefficient (Wildman–Crippen LogP) is 1.65. The minimum absolute atomic E-state index is 0.0892. The van der Waals surface area contributed by atoms with Crippen molar-refractivity contribution in [1.29, 1.82) is 0 Å². The summed E-state index contributed by atoms with van der Waals surface area (Å²) >= 11 is 0. The Kier molecular flexibility index (Phi) is 2.72. The molecule has 0 aliphatic carbocycles. The summed E-state index contributed by atoms with van der Waals surface area (Å²) in [6, 6.07) is 0. The second-order valence-electron chi connectivity index (χ2n) is 5.26. The van der Waals surface area contributed by atoms with E-state index in [1.807, 2.05) is 46.3 Å². The van der Waals surface area contributed by atoms with Crippen LogP contribution in [0.5, 0.6) is 0 Å². The molecule has 0 bridgehead atoms. The molecule has 0 unspecified atom stereocenters. The van der Waals surface area contributed by atoms with E-state index in [1.165, 1.54) is 0 Å². The number of hydrogen-bond donors (Lipinski definition) is 1. The molecule has 0 saturated carbocycles. The minimum atomic E-state index is -0.243. The second-order valence-corrected chi connectivity index (χ2v) is 5.26. The standard InChI is InChI=1S/C11H21N3O/c1-7(2)9-8(12)10(15)14(13(9)6)11(3,4)5/h7H,12H2,1-6H3. The molecule has 0 aliphatic heterocycles. The van der Waals surface area contributed by atoms with E-state index in [2.05, 4.69) is 0 Å². The summed E-state index contributed by atoms with van der Waals surface area (Å²) in [6.45, 7) is 10.1. The third kappa shape index (κ3) is 1.80. The van der Waals surface area contributed by atoms with Crippen LogP contribution < -0.4 is 11.3 Å². The predicted molar refractivity (Wildman–Crippen MR) is 63.2 cm³/mol. The van der Waals surface area contributed by atoms with Gasteiger partial charge >= 0.3 is 0 Å². The van der Waals surface area contributed by atoms with Crippen molar-refractivity contribution < 1.29 is 0 Å². The highest BCUT2D eigenvalue weighted by molar-refractivity contribution is 5.43. The molecule has 4 heteroatoms. The van der Waals surface area contributed by atoms with Crippen molar-refractivity contribution in [3.8, 4) is 0 Å². The Morgan fingerprint density at radius 1 is 1.27 bits per heavy atom. The molecule has 15 heavy (non-hydrogen) atoms. The van der Waals surface area contributed by atoms with Crippen LogP contribution in [0.3, 0.4) is 0 Å². The van der Waals surface area contributed by atoms with Gasteiger partial charge in [-0.25, -0.2) is 4.68 Å². The van der Waals surface area contributed by atoms with Crippen molar-refractivity contribution in [2.24, 2.45) is 7.05 Å². The van der Waals surface area contributed by atoms with Crippen LogP contribution in [0.25, 0.3) is 0 Å². The quantitative estimate of drug-likeness (QED) is 0.768. The van der Waals surface area contributed by atoms with Crippen LogP contribution in [0.1, 0.15) is 46.2 Å². The molecule has 2 N–H and O–H groups in total. The van der Waals surface area contributed by atoms with Crippen molar-refractivity contribution in [3.63, 3.8) is 0 Å². The van der Waals surface area contributed by atoms with E-state index < -0.39 is 0 Å². The topological polar surface area (TPSA) is 53.0 Å². The summed E-state index contributed by atoms with van der Waals surface area (Å²) in [6.07, 6.45) is 0. The molecule has 0 aromatic carbocycles. The Balaban J connectivity index is 3.58. The molecule has 0 spiro atoms. The van der Waals surface area contributed by atoms with E-state index in [0.717, 1.165) is 5.69 Å². The van der Waals surface area contributed by atoms with Crippen molar-refractivity contribution in [2.45, 2.75) is 46.1 Å². The molecular weight excluding hydrogens is 190 g/mol. The lowest BCUT2D eigenvalue weighted by Crippen LogP contribution is -2.36. The summed E-state index contributed by atoms with van der Waals surface area (Å²) in [5, 5.41) is 0. The fourth-order valence-corrected chi connectivity index (χ4v) is 2.08. The summed E-state index contributed by atoms with van der Waals surface area (Å²) < 4.78 is 3.58. The second kappa shape index (κ2) is 3.43. The molecule has 1 aromatic heterocycles. The van der Waals surface area contributed by atoms with Crippen molar-refractivity contribution >= 4 is 5.69 Å². The van der Waals surface area contributed by atoms with Crippen LogP contribution in [0.15, 0.2) is 4.79 Å². The molecule has 0 atom stereocenters. The average Bonchev–Trinajstić information content (AvgIpc) is 2.21. The number of rotatable bonds is 1. The number of nitrogens with two attached hydrogens (primary N) is 1. The van der Waals surface area contributed by atoms with Gasteiger partial charge in [0.15, 0.2) is 0 Å². The number of anilines is 1. The van der Waals surface area contributed by atoms with Gasteiger partial charge < -0.3 is 5.73 Å². The largest absolute Gasteiger partial charge is 0.393 e. The number of aromatic nitrogens is 2. The highest BCUT2D eigenvalue weighted by atomic mass is 16.1. The Morgan fingerprint density at radius 2 is 1.73 bits per heavy atom. The molecule has 0 radical (unpaired) electrons. The van der Waals surface area contributed by atoms with Crippen LogP contribution in [-0.4, -0.2) is 9.36 Å². The monoisotopic (exact) mass is 211 g/mol. The fraction of sp³-hybridized carbons (Fsp3) is 0.727. The Labute approximate surface area is 90.7 Å². The molecule has 0 aliphatic rings. The zero-order chi connectivity index (χ0) is 12.0. The van der Waals surface area contributed by atoms with Gasteiger partial charge in [-0.2, -0.15) is 0 Å². The molecule has 1 rings (SSSR count). The van der Waals surface area contributed by atoms with Crippen molar-refractivity contribution in [2.75, 3.05) is 5.73 Å². The summed E-state index contributed by atoms with van der Waals surface area (Å²) in [5.41, 5.74) is 6.80. The molecule has 1 aromatic rings. The van der Waals surface area contributed by atoms with E-state index in [4.69, 9.17) is 5.73 Å². The normalized spacial score (nSPS) is 12.5. The number of nitrogens with zero attached hydrogens (tertiary/aromatic N) is 2. The maximum absolute atomic E-state index is 12.0. The highest BCUT2D eigenvalue weighted by Gasteiger charge is 2.24. The van der Waals surface area contributed by atoms with Crippen LogP contribution in [0.4, 0.5) is 5.69 Å². The smallest absolute Gasteiger partial charge is 0.290 e. The molecule has 1 heterocycles. The molecular formula is C11H21N3O. The van der Waals surface area contributed by atoms with Gasteiger partial charge in [-0.15, -0.1) is 0 Å². The Bertz CT molecular complexity index is 418. The van der Waals surface area contributed by atoms with E-state index in [9.17, 15) is 4.79 Å². The number of hydrogen-bond acceptors (Lipinski definition) is 2. The molecule has 86 valence electrons.